The summed E-state index contributed by atoms with van der Waals surface area (Å²) < 4.78 is 0. The molecule has 0 radical (unpaired) electrons. The predicted molar refractivity (Wildman–Crippen MR) is 79.1 cm³/mol. The van der Waals surface area contributed by atoms with E-state index in [2.05, 4.69) is 4.98 Å². The van der Waals surface area contributed by atoms with Gasteiger partial charge in [0, 0.05) is 16.6 Å². The lowest BCUT2D eigenvalue weighted by Crippen LogP contribution is -1.99. The fourth-order valence-corrected chi connectivity index (χ4v) is 2.35. The molecule has 0 saturated heterocycles. The largest absolute Gasteiger partial charge is 0.478 e. The lowest BCUT2D eigenvalue weighted by molar-refractivity contribution is 0.0698. The number of hydrogen-bond donors (Lipinski definition) is 1. The van der Waals surface area contributed by atoms with Crippen LogP contribution in [0.5, 0.6) is 0 Å². The van der Waals surface area contributed by atoms with Gasteiger partial charge in [-0.1, -0.05) is 29.8 Å². The third-order valence-electron chi connectivity index (χ3n) is 3.13. The molecular formula is C16H10ClNO2. The first-order valence-electron chi connectivity index (χ1n) is 6.03. The van der Waals surface area contributed by atoms with Crippen LogP contribution in [0.4, 0.5) is 0 Å². The second kappa shape index (κ2) is 4.94. The van der Waals surface area contributed by atoms with Crippen molar-refractivity contribution in [3.05, 3.63) is 65.3 Å². The fourth-order valence-electron chi connectivity index (χ4n) is 2.18. The van der Waals surface area contributed by atoms with Gasteiger partial charge in [0.1, 0.15) is 0 Å². The first kappa shape index (κ1) is 12.6. The van der Waals surface area contributed by atoms with Crippen molar-refractivity contribution in [2.24, 2.45) is 0 Å². The number of benzene rings is 2. The smallest absolute Gasteiger partial charge is 0.336 e. The van der Waals surface area contributed by atoms with E-state index in [1.165, 1.54) is 6.07 Å². The van der Waals surface area contributed by atoms with Crippen molar-refractivity contribution in [3.63, 3.8) is 0 Å². The third kappa shape index (κ3) is 2.24. The average Bonchev–Trinajstić information content (AvgIpc) is 2.46. The van der Waals surface area contributed by atoms with E-state index >= 15 is 0 Å². The number of nitrogens with zero attached hydrogens (tertiary/aromatic N) is 1. The second-order valence-corrected chi connectivity index (χ2v) is 4.84. The number of carbonyl (C=O) groups is 1. The molecule has 0 atom stereocenters. The van der Waals surface area contributed by atoms with Crippen LogP contribution in [0.3, 0.4) is 0 Å². The molecule has 0 bridgehead atoms. The molecule has 3 rings (SSSR count). The molecular weight excluding hydrogens is 274 g/mol. The van der Waals surface area contributed by atoms with Gasteiger partial charge < -0.3 is 5.11 Å². The van der Waals surface area contributed by atoms with Crippen LogP contribution in [0.2, 0.25) is 5.02 Å². The van der Waals surface area contributed by atoms with E-state index in [0.717, 1.165) is 16.5 Å². The van der Waals surface area contributed by atoms with Crippen molar-refractivity contribution in [2.75, 3.05) is 0 Å². The van der Waals surface area contributed by atoms with Gasteiger partial charge in [-0.3, -0.25) is 4.98 Å². The molecule has 0 fully saturated rings. The minimum absolute atomic E-state index is 0.227. The molecule has 0 aliphatic rings. The normalized spacial score (nSPS) is 10.7. The highest BCUT2D eigenvalue weighted by Gasteiger charge is 2.12. The van der Waals surface area contributed by atoms with E-state index in [4.69, 9.17) is 11.6 Å². The average molecular weight is 284 g/mol. The van der Waals surface area contributed by atoms with Crippen LogP contribution in [0.1, 0.15) is 10.4 Å². The topological polar surface area (TPSA) is 50.2 Å². The molecule has 0 saturated carbocycles. The summed E-state index contributed by atoms with van der Waals surface area (Å²) in [6.07, 6.45) is 1.71. The second-order valence-electron chi connectivity index (χ2n) is 4.41. The van der Waals surface area contributed by atoms with Crippen LogP contribution >= 0.6 is 11.6 Å². The number of halogens is 1. The molecule has 1 aromatic heterocycles. The first-order chi connectivity index (χ1) is 9.65. The van der Waals surface area contributed by atoms with Gasteiger partial charge in [0.25, 0.3) is 0 Å². The van der Waals surface area contributed by atoms with Crippen LogP contribution in [0, 0.1) is 0 Å². The molecule has 0 amide bonds. The number of hydrogen-bond acceptors (Lipinski definition) is 2. The van der Waals surface area contributed by atoms with E-state index in [1.807, 2.05) is 30.3 Å². The minimum atomic E-state index is -0.974. The highest BCUT2D eigenvalue weighted by molar-refractivity contribution is 6.31. The highest BCUT2D eigenvalue weighted by Crippen LogP contribution is 2.29. The van der Waals surface area contributed by atoms with Crippen LogP contribution in [0.25, 0.3) is 22.0 Å². The van der Waals surface area contributed by atoms with Gasteiger partial charge in [0.15, 0.2) is 0 Å². The van der Waals surface area contributed by atoms with Crippen molar-refractivity contribution < 1.29 is 9.90 Å². The Kier molecular flexibility index (Phi) is 3.12. The van der Waals surface area contributed by atoms with Gasteiger partial charge in [-0.05, 0) is 41.5 Å². The Morgan fingerprint density at radius 2 is 1.95 bits per heavy atom. The Balaban J connectivity index is 2.24. The standard InChI is InChI=1S/C16H10ClNO2/c17-12-5-6-13(16(19)20)14(9-12)11-4-3-10-2-1-7-18-15(10)8-11/h1-9H,(H,19,20). The summed E-state index contributed by atoms with van der Waals surface area (Å²) in [6, 6.07) is 14.2. The monoisotopic (exact) mass is 283 g/mol. The van der Waals surface area contributed by atoms with Crippen LogP contribution in [-0.2, 0) is 0 Å². The Hall–Kier alpha value is -2.39. The van der Waals surface area contributed by atoms with Crippen LogP contribution in [-0.4, -0.2) is 16.1 Å². The number of fused-ring (bicyclic) bond motifs is 1. The van der Waals surface area contributed by atoms with Crippen LogP contribution < -0.4 is 0 Å². The van der Waals surface area contributed by atoms with Gasteiger partial charge >= 0.3 is 5.97 Å². The zero-order chi connectivity index (χ0) is 14.1. The molecule has 1 N–H and O–H groups in total. The maximum atomic E-state index is 11.3. The quantitative estimate of drug-likeness (QED) is 0.765. The molecule has 4 heteroatoms. The number of aromatic nitrogens is 1. The Labute approximate surface area is 120 Å². The van der Waals surface area contributed by atoms with Crippen molar-refractivity contribution in [3.8, 4) is 11.1 Å². The van der Waals surface area contributed by atoms with Gasteiger partial charge in [0.05, 0.1) is 11.1 Å². The zero-order valence-corrected chi connectivity index (χ0v) is 11.1. The van der Waals surface area contributed by atoms with Crippen molar-refractivity contribution in [1.82, 2.24) is 4.98 Å². The molecule has 0 aliphatic carbocycles. The van der Waals surface area contributed by atoms with E-state index in [0.29, 0.717) is 10.6 Å². The summed E-state index contributed by atoms with van der Waals surface area (Å²) >= 11 is 5.98. The van der Waals surface area contributed by atoms with Gasteiger partial charge in [-0.15, -0.1) is 0 Å². The molecule has 1 heterocycles. The lowest BCUT2D eigenvalue weighted by atomic mass is 9.98. The summed E-state index contributed by atoms with van der Waals surface area (Å²) in [5.41, 5.74) is 2.43. The molecule has 0 aliphatic heterocycles. The summed E-state index contributed by atoms with van der Waals surface area (Å²) in [5, 5.41) is 10.8. The number of carboxylic acid groups (broad SMARTS) is 1. The lowest BCUT2D eigenvalue weighted by Gasteiger charge is -2.08. The predicted octanol–water partition coefficient (Wildman–Crippen LogP) is 4.25. The molecule has 3 aromatic rings. The van der Waals surface area contributed by atoms with E-state index in [-0.39, 0.29) is 5.56 Å². The van der Waals surface area contributed by atoms with Gasteiger partial charge in [0.2, 0.25) is 0 Å². The van der Waals surface area contributed by atoms with Gasteiger partial charge in [-0.25, -0.2) is 4.79 Å². The third-order valence-corrected chi connectivity index (χ3v) is 3.36. The van der Waals surface area contributed by atoms with Crippen molar-refractivity contribution >= 4 is 28.5 Å². The van der Waals surface area contributed by atoms with Gasteiger partial charge in [-0.2, -0.15) is 0 Å². The maximum absolute atomic E-state index is 11.3. The SMILES string of the molecule is O=C(O)c1ccc(Cl)cc1-c1ccc2cccnc2c1. The number of rotatable bonds is 2. The Morgan fingerprint density at radius 1 is 1.10 bits per heavy atom. The summed E-state index contributed by atoms with van der Waals surface area (Å²) in [7, 11) is 0. The first-order valence-corrected chi connectivity index (χ1v) is 6.41. The Bertz CT molecular complexity index is 814. The van der Waals surface area contributed by atoms with Crippen molar-refractivity contribution in [1.29, 1.82) is 0 Å². The van der Waals surface area contributed by atoms with E-state index in [9.17, 15) is 9.90 Å². The highest BCUT2D eigenvalue weighted by atomic mass is 35.5. The number of carboxylic acids is 1. The summed E-state index contributed by atoms with van der Waals surface area (Å²) in [6.45, 7) is 0. The van der Waals surface area contributed by atoms with E-state index in [1.54, 1.807) is 18.3 Å². The summed E-state index contributed by atoms with van der Waals surface area (Å²) in [5.74, 6) is -0.974. The molecule has 2 aromatic carbocycles. The van der Waals surface area contributed by atoms with Crippen LogP contribution in [0.15, 0.2) is 54.7 Å². The maximum Gasteiger partial charge on any atom is 0.336 e. The van der Waals surface area contributed by atoms with Crippen molar-refractivity contribution in [2.45, 2.75) is 0 Å². The number of aromatic carboxylic acids is 1. The molecule has 3 nitrogen and oxygen atoms in total. The molecule has 98 valence electrons. The molecule has 0 spiro atoms. The molecule has 20 heavy (non-hydrogen) atoms. The number of pyridine rings is 1. The minimum Gasteiger partial charge on any atom is -0.478 e. The zero-order valence-electron chi connectivity index (χ0n) is 10.4. The summed E-state index contributed by atoms with van der Waals surface area (Å²) in [4.78, 5) is 15.6. The van der Waals surface area contributed by atoms with E-state index < -0.39 is 5.97 Å². The fraction of sp³-hybridized carbons (Fsp3) is 0. The Morgan fingerprint density at radius 3 is 2.75 bits per heavy atom. The molecule has 0 unspecified atom stereocenters.